The van der Waals surface area contributed by atoms with Crippen LogP contribution in [0.15, 0.2) is 6.07 Å². The highest BCUT2D eigenvalue weighted by Gasteiger charge is 2.17. The van der Waals surface area contributed by atoms with Gasteiger partial charge in [0.2, 0.25) is 5.88 Å². The summed E-state index contributed by atoms with van der Waals surface area (Å²) in [4.78, 5) is 3.60. The highest BCUT2D eigenvalue weighted by Crippen LogP contribution is 2.29. The molecule has 78 valence electrons. The first kappa shape index (κ1) is 10.6. The summed E-state index contributed by atoms with van der Waals surface area (Å²) in [6.45, 7) is -0.428. The number of pyridine rings is 1. The summed E-state index contributed by atoms with van der Waals surface area (Å²) in [7, 11) is 1.23. The molecule has 0 saturated carbocycles. The number of ether oxygens (including phenoxy) is 1. The third-order valence-corrected chi connectivity index (χ3v) is 1.73. The Morgan fingerprint density at radius 2 is 2.29 bits per heavy atom. The Morgan fingerprint density at radius 3 is 2.71 bits per heavy atom. The summed E-state index contributed by atoms with van der Waals surface area (Å²) >= 11 is 0. The molecule has 1 heterocycles. The van der Waals surface area contributed by atoms with Crippen LogP contribution in [-0.2, 0) is 6.61 Å². The van der Waals surface area contributed by atoms with Crippen LogP contribution >= 0.6 is 0 Å². The topological polar surface area (TPSA) is 68.4 Å². The number of halogens is 2. The van der Waals surface area contributed by atoms with E-state index in [1.54, 1.807) is 0 Å². The summed E-state index contributed by atoms with van der Waals surface area (Å²) < 4.78 is 29.5. The fourth-order valence-corrected chi connectivity index (χ4v) is 1.02. The van der Waals surface area contributed by atoms with Crippen molar-refractivity contribution in [1.82, 2.24) is 4.98 Å². The molecule has 0 aromatic carbocycles. The molecule has 1 rings (SSSR count). The van der Waals surface area contributed by atoms with Crippen molar-refractivity contribution in [2.75, 3.05) is 12.8 Å². The predicted molar refractivity (Wildman–Crippen MR) is 46.1 cm³/mol. The lowest BCUT2D eigenvalue weighted by molar-refractivity contribution is 0.145. The van der Waals surface area contributed by atoms with Crippen molar-refractivity contribution >= 4 is 5.82 Å². The number of aromatic nitrogens is 1. The molecule has 0 bridgehead atoms. The third-order valence-electron chi connectivity index (χ3n) is 1.73. The van der Waals surface area contributed by atoms with Crippen LogP contribution in [0.4, 0.5) is 14.6 Å². The second kappa shape index (κ2) is 4.19. The van der Waals surface area contributed by atoms with Gasteiger partial charge in [0.15, 0.2) is 0 Å². The average Bonchev–Trinajstić information content (AvgIpc) is 2.16. The smallest absolute Gasteiger partial charge is 0.269 e. The predicted octanol–water partition coefficient (Wildman–Crippen LogP) is 1.10. The van der Waals surface area contributed by atoms with Gasteiger partial charge in [-0.1, -0.05) is 0 Å². The summed E-state index contributed by atoms with van der Waals surface area (Å²) in [5.41, 5.74) is 5.18. The van der Waals surface area contributed by atoms with Crippen molar-refractivity contribution in [1.29, 1.82) is 0 Å². The zero-order chi connectivity index (χ0) is 10.7. The Morgan fingerprint density at radius 1 is 1.64 bits per heavy atom. The lowest BCUT2D eigenvalue weighted by Gasteiger charge is -2.09. The minimum absolute atomic E-state index is 0.00579. The maximum Gasteiger partial charge on any atom is 0.269 e. The molecule has 0 spiro atoms. The van der Waals surface area contributed by atoms with Gasteiger partial charge in [-0.25, -0.2) is 8.78 Å². The first-order valence-electron chi connectivity index (χ1n) is 3.82. The van der Waals surface area contributed by atoms with Crippen LogP contribution < -0.4 is 10.5 Å². The summed E-state index contributed by atoms with van der Waals surface area (Å²) in [5.74, 6) is -0.219. The Kier molecular flexibility index (Phi) is 3.19. The van der Waals surface area contributed by atoms with Crippen LogP contribution in [0.25, 0.3) is 0 Å². The molecular formula is C8H10F2N2O2. The number of rotatable bonds is 3. The van der Waals surface area contributed by atoms with Crippen LogP contribution in [0.5, 0.6) is 5.88 Å². The van der Waals surface area contributed by atoms with Gasteiger partial charge in [-0.15, -0.1) is 0 Å². The second-order valence-corrected chi connectivity index (χ2v) is 2.59. The standard InChI is InChI=1S/C8H10F2N2O2/c1-14-8-5(6(9)10)2-4(3-13)7(11)12-8/h2,6,13H,3H2,1H3,(H2,11,12). The largest absolute Gasteiger partial charge is 0.481 e. The van der Waals surface area contributed by atoms with Crippen LogP contribution in [0, 0.1) is 0 Å². The summed E-state index contributed by atoms with van der Waals surface area (Å²) in [6, 6.07) is 1.09. The molecule has 0 amide bonds. The van der Waals surface area contributed by atoms with E-state index in [4.69, 9.17) is 10.8 Å². The van der Waals surface area contributed by atoms with Gasteiger partial charge >= 0.3 is 0 Å². The number of anilines is 1. The third kappa shape index (κ3) is 1.90. The minimum Gasteiger partial charge on any atom is -0.481 e. The van der Waals surface area contributed by atoms with Gasteiger partial charge in [0.05, 0.1) is 19.3 Å². The highest BCUT2D eigenvalue weighted by molar-refractivity contribution is 5.46. The summed E-state index contributed by atoms with van der Waals surface area (Å²) in [6.07, 6.45) is -2.71. The number of hydrogen-bond acceptors (Lipinski definition) is 4. The molecule has 0 aliphatic heterocycles. The van der Waals surface area contributed by atoms with E-state index >= 15 is 0 Å². The molecule has 14 heavy (non-hydrogen) atoms. The quantitative estimate of drug-likeness (QED) is 0.773. The molecule has 6 heteroatoms. The molecule has 0 unspecified atom stereocenters. The molecule has 1 aromatic rings. The van der Waals surface area contributed by atoms with Crippen molar-refractivity contribution in [3.05, 3.63) is 17.2 Å². The fourth-order valence-electron chi connectivity index (χ4n) is 1.02. The lowest BCUT2D eigenvalue weighted by atomic mass is 10.2. The van der Waals surface area contributed by atoms with E-state index in [-0.39, 0.29) is 22.8 Å². The Hall–Kier alpha value is -1.43. The highest BCUT2D eigenvalue weighted by atomic mass is 19.3. The van der Waals surface area contributed by atoms with Crippen LogP contribution in [0.3, 0.4) is 0 Å². The molecule has 0 atom stereocenters. The second-order valence-electron chi connectivity index (χ2n) is 2.59. The first-order chi connectivity index (χ1) is 6.60. The van der Waals surface area contributed by atoms with Gasteiger partial charge in [0, 0.05) is 5.56 Å². The van der Waals surface area contributed by atoms with Crippen LogP contribution in [0.1, 0.15) is 17.6 Å². The molecule has 0 saturated heterocycles. The van der Waals surface area contributed by atoms with Gasteiger partial charge in [-0.2, -0.15) is 4.98 Å². The molecular weight excluding hydrogens is 194 g/mol. The normalized spacial score (nSPS) is 10.6. The van der Waals surface area contributed by atoms with Gasteiger partial charge in [-0.05, 0) is 6.07 Å². The number of aliphatic hydroxyl groups excluding tert-OH is 1. The first-order valence-corrected chi connectivity index (χ1v) is 3.82. The number of alkyl halides is 2. The van der Waals surface area contributed by atoms with Gasteiger partial charge < -0.3 is 15.6 Å². The van der Waals surface area contributed by atoms with E-state index in [1.165, 1.54) is 7.11 Å². The van der Waals surface area contributed by atoms with E-state index in [0.29, 0.717) is 0 Å². The molecule has 4 nitrogen and oxygen atoms in total. The Balaban J connectivity index is 3.25. The number of nitrogen functional groups attached to an aromatic ring is 1. The number of hydrogen-bond donors (Lipinski definition) is 2. The van der Waals surface area contributed by atoms with E-state index in [2.05, 4.69) is 9.72 Å². The number of nitrogens with two attached hydrogens (primary N) is 1. The molecule has 0 aliphatic carbocycles. The van der Waals surface area contributed by atoms with Gasteiger partial charge in [0.1, 0.15) is 5.82 Å². The van der Waals surface area contributed by atoms with E-state index in [9.17, 15) is 8.78 Å². The fraction of sp³-hybridized carbons (Fsp3) is 0.375. The molecule has 0 fully saturated rings. The number of methoxy groups -OCH3 is 1. The summed E-state index contributed by atoms with van der Waals surface area (Å²) in [5, 5.41) is 8.78. The molecule has 0 aliphatic rings. The van der Waals surface area contributed by atoms with Crippen LogP contribution in [0.2, 0.25) is 0 Å². The number of aliphatic hydroxyl groups is 1. The van der Waals surface area contributed by atoms with E-state index in [1.807, 2.05) is 0 Å². The Bertz CT molecular complexity index is 331. The lowest BCUT2D eigenvalue weighted by Crippen LogP contribution is -2.04. The van der Waals surface area contributed by atoms with Crippen molar-refractivity contribution in [2.24, 2.45) is 0 Å². The minimum atomic E-state index is -2.71. The zero-order valence-corrected chi connectivity index (χ0v) is 7.50. The van der Waals surface area contributed by atoms with E-state index < -0.39 is 13.0 Å². The molecule has 0 radical (unpaired) electrons. The van der Waals surface area contributed by atoms with Crippen LogP contribution in [-0.4, -0.2) is 17.2 Å². The van der Waals surface area contributed by atoms with Crippen molar-refractivity contribution in [3.8, 4) is 5.88 Å². The molecule has 3 N–H and O–H groups in total. The van der Waals surface area contributed by atoms with Gasteiger partial charge in [-0.3, -0.25) is 0 Å². The molecule has 1 aromatic heterocycles. The van der Waals surface area contributed by atoms with E-state index in [0.717, 1.165) is 6.07 Å². The van der Waals surface area contributed by atoms with Crippen molar-refractivity contribution in [2.45, 2.75) is 13.0 Å². The van der Waals surface area contributed by atoms with Gasteiger partial charge in [0.25, 0.3) is 6.43 Å². The maximum atomic E-state index is 12.4. The monoisotopic (exact) mass is 204 g/mol. The Labute approximate surface area is 79.3 Å². The zero-order valence-electron chi connectivity index (χ0n) is 7.50. The van der Waals surface area contributed by atoms with Crippen molar-refractivity contribution in [3.63, 3.8) is 0 Å². The SMILES string of the molecule is COc1nc(N)c(CO)cc1C(F)F. The average molecular weight is 204 g/mol. The maximum absolute atomic E-state index is 12.4. The van der Waals surface area contributed by atoms with Crippen molar-refractivity contribution < 1.29 is 18.6 Å². The number of nitrogens with zero attached hydrogens (tertiary/aromatic N) is 1.